The first-order valence-electron chi connectivity index (χ1n) is 3.40. The minimum Gasteiger partial charge on any atom is -0.386 e. The normalized spacial score (nSPS) is 39.6. The van der Waals surface area contributed by atoms with Crippen LogP contribution in [0.5, 0.6) is 0 Å². The third-order valence-corrected chi connectivity index (χ3v) is 1.90. The van der Waals surface area contributed by atoms with E-state index in [9.17, 15) is 10.2 Å². The predicted octanol–water partition coefficient (Wildman–Crippen LogP) is 0.614. The monoisotopic (exact) mass is 140 g/mol. The van der Waals surface area contributed by atoms with Crippen molar-refractivity contribution in [3.05, 3.63) is 24.8 Å². The molecule has 0 fully saturated rings. The van der Waals surface area contributed by atoms with Crippen molar-refractivity contribution in [1.82, 2.24) is 0 Å². The van der Waals surface area contributed by atoms with Gasteiger partial charge in [-0.15, -0.1) is 6.58 Å². The van der Waals surface area contributed by atoms with Gasteiger partial charge in [-0.1, -0.05) is 18.2 Å². The number of hydrogen-bond acceptors (Lipinski definition) is 2. The van der Waals surface area contributed by atoms with E-state index in [1.165, 1.54) is 6.08 Å². The van der Waals surface area contributed by atoms with Crippen LogP contribution in [0.1, 0.15) is 12.8 Å². The van der Waals surface area contributed by atoms with E-state index in [1.807, 2.05) is 6.08 Å². The van der Waals surface area contributed by atoms with Crippen molar-refractivity contribution >= 4 is 0 Å². The molecular formula is C8H12O2. The molecule has 2 heteroatoms. The second kappa shape index (κ2) is 2.56. The molecule has 1 aliphatic rings. The van der Waals surface area contributed by atoms with Gasteiger partial charge in [0.15, 0.2) is 0 Å². The fourth-order valence-electron chi connectivity index (χ4n) is 1.08. The smallest absolute Gasteiger partial charge is 0.112 e. The Morgan fingerprint density at radius 3 is 2.80 bits per heavy atom. The van der Waals surface area contributed by atoms with Gasteiger partial charge < -0.3 is 10.2 Å². The van der Waals surface area contributed by atoms with Gasteiger partial charge in [0.2, 0.25) is 0 Å². The molecule has 0 aromatic heterocycles. The molecule has 0 amide bonds. The Kier molecular flexibility index (Phi) is 1.92. The van der Waals surface area contributed by atoms with Crippen molar-refractivity contribution in [3.8, 4) is 0 Å². The molecule has 10 heavy (non-hydrogen) atoms. The summed E-state index contributed by atoms with van der Waals surface area (Å²) in [5.41, 5.74) is -1.09. The second-order valence-electron chi connectivity index (χ2n) is 2.61. The Hall–Kier alpha value is -0.600. The highest BCUT2D eigenvalue weighted by atomic mass is 16.3. The Balaban J connectivity index is 2.77. The highest BCUT2D eigenvalue weighted by Gasteiger charge is 2.31. The van der Waals surface area contributed by atoms with E-state index >= 15 is 0 Å². The standard InChI is InChI=1S/C8H12O2/c1-2-8(10)6-4-3-5-7(8)9/h2-3,5,7,9-10H,1,4,6H2. The maximum Gasteiger partial charge on any atom is 0.112 e. The third-order valence-electron chi connectivity index (χ3n) is 1.90. The van der Waals surface area contributed by atoms with Crippen LogP contribution in [-0.2, 0) is 0 Å². The van der Waals surface area contributed by atoms with Crippen LogP contribution in [0.2, 0.25) is 0 Å². The molecule has 1 rings (SSSR count). The van der Waals surface area contributed by atoms with Gasteiger partial charge in [0.25, 0.3) is 0 Å². The van der Waals surface area contributed by atoms with E-state index in [2.05, 4.69) is 6.58 Å². The Bertz CT molecular complexity index is 163. The maximum absolute atomic E-state index is 9.53. The highest BCUT2D eigenvalue weighted by Crippen LogP contribution is 2.24. The lowest BCUT2D eigenvalue weighted by Gasteiger charge is -2.30. The summed E-state index contributed by atoms with van der Waals surface area (Å²) in [5.74, 6) is 0. The second-order valence-corrected chi connectivity index (χ2v) is 2.61. The molecule has 1 aliphatic carbocycles. The molecule has 0 spiro atoms. The topological polar surface area (TPSA) is 40.5 Å². The van der Waals surface area contributed by atoms with Crippen LogP contribution in [0.25, 0.3) is 0 Å². The Labute approximate surface area is 60.5 Å². The van der Waals surface area contributed by atoms with Gasteiger partial charge in [-0.25, -0.2) is 0 Å². The molecule has 0 aliphatic heterocycles. The van der Waals surface area contributed by atoms with Gasteiger partial charge >= 0.3 is 0 Å². The summed E-state index contributed by atoms with van der Waals surface area (Å²) in [6.07, 6.45) is 5.46. The van der Waals surface area contributed by atoms with E-state index in [0.29, 0.717) is 6.42 Å². The van der Waals surface area contributed by atoms with E-state index in [4.69, 9.17) is 0 Å². The van der Waals surface area contributed by atoms with Gasteiger partial charge in [0, 0.05) is 0 Å². The van der Waals surface area contributed by atoms with Crippen molar-refractivity contribution in [2.75, 3.05) is 0 Å². The molecule has 0 saturated heterocycles. The van der Waals surface area contributed by atoms with Crippen LogP contribution >= 0.6 is 0 Å². The molecule has 2 N–H and O–H groups in total. The van der Waals surface area contributed by atoms with Crippen LogP contribution < -0.4 is 0 Å². The maximum atomic E-state index is 9.53. The van der Waals surface area contributed by atoms with Crippen molar-refractivity contribution in [3.63, 3.8) is 0 Å². The fourth-order valence-corrected chi connectivity index (χ4v) is 1.08. The zero-order valence-electron chi connectivity index (χ0n) is 5.83. The van der Waals surface area contributed by atoms with Crippen LogP contribution in [0, 0.1) is 0 Å². The number of hydrogen-bond donors (Lipinski definition) is 2. The molecule has 2 unspecified atom stereocenters. The predicted molar refractivity (Wildman–Crippen MR) is 39.5 cm³/mol. The molecule has 0 bridgehead atoms. The van der Waals surface area contributed by atoms with Crippen LogP contribution in [0.3, 0.4) is 0 Å². The summed E-state index contributed by atoms with van der Waals surface area (Å²) < 4.78 is 0. The highest BCUT2D eigenvalue weighted by molar-refractivity contribution is 5.13. The van der Waals surface area contributed by atoms with Crippen LogP contribution in [0.4, 0.5) is 0 Å². The molecule has 0 saturated carbocycles. The molecule has 56 valence electrons. The minimum atomic E-state index is -1.09. The van der Waals surface area contributed by atoms with Crippen LogP contribution in [0.15, 0.2) is 24.8 Å². The zero-order valence-corrected chi connectivity index (χ0v) is 5.83. The average molecular weight is 140 g/mol. The molecule has 0 radical (unpaired) electrons. The average Bonchev–Trinajstić information content (AvgIpc) is 1.96. The number of aliphatic hydroxyl groups excluding tert-OH is 1. The van der Waals surface area contributed by atoms with Gasteiger partial charge in [0.05, 0.1) is 0 Å². The fraction of sp³-hybridized carbons (Fsp3) is 0.500. The Morgan fingerprint density at radius 1 is 1.70 bits per heavy atom. The van der Waals surface area contributed by atoms with Gasteiger partial charge in [0.1, 0.15) is 11.7 Å². The lowest BCUT2D eigenvalue weighted by Crippen LogP contribution is -2.40. The van der Waals surface area contributed by atoms with Crippen molar-refractivity contribution in [1.29, 1.82) is 0 Å². The molecular weight excluding hydrogens is 128 g/mol. The van der Waals surface area contributed by atoms with Gasteiger partial charge in [-0.3, -0.25) is 0 Å². The quantitative estimate of drug-likeness (QED) is 0.524. The Morgan fingerprint density at radius 2 is 2.40 bits per heavy atom. The van der Waals surface area contributed by atoms with E-state index in [0.717, 1.165) is 6.42 Å². The molecule has 0 aromatic rings. The van der Waals surface area contributed by atoms with E-state index in [1.54, 1.807) is 6.08 Å². The van der Waals surface area contributed by atoms with E-state index < -0.39 is 11.7 Å². The van der Waals surface area contributed by atoms with Gasteiger partial charge in [-0.05, 0) is 12.8 Å². The lowest BCUT2D eigenvalue weighted by atomic mass is 9.87. The summed E-state index contributed by atoms with van der Waals surface area (Å²) in [6, 6.07) is 0. The number of aliphatic hydroxyl groups is 2. The van der Waals surface area contributed by atoms with Crippen molar-refractivity contribution in [2.45, 2.75) is 24.5 Å². The summed E-state index contributed by atoms with van der Waals surface area (Å²) >= 11 is 0. The first-order chi connectivity index (χ1) is 4.69. The first kappa shape index (κ1) is 7.51. The lowest BCUT2D eigenvalue weighted by molar-refractivity contribution is -0.0236. The van der Waals surface area contributed by atoms with E-state index in [-0.39, 0.29) is 0 Å². The number of allylic oxidation sites excluding steroid dienone is 1. The molecule has 0 heterocycles. The van der Waals surface area contributed by atoms with Crippen molar-refractivity contribution in [2.24, 2.45) is 0 Å². The minimum absolute atomic E-state index is 0.564. The van der Waals surface area contributed by atoms with Crippen molar-refractivity contribution < 1.29 is 10.2 Å². The molecule has 2 nitrogen and oxygen atoms in total. The summed E-state index contributed by atoms with van der Waals surface area (Å²) in [7, 11) is 0. The SMILES string of the molecule is C=CC1(O)CCC=CC1O. The third kappa shape index (κ3) is 1.13. The first-order valence-corrected chi connectivity index (χ1v) is 3.40. The number of rotatable bonds is 1. The summed E-state index contributed by atoms with van der Waals surface area (Å²) in [6.45, 7) is 3.46. The summed E-state index contributed by atoms with van der Waals surface area (Å²) in [4.78, 5) is 0. The van der Waals surface area contributed by atoms with Gasteiger partial charge in [-0.2, -0.15) is 0 Å². The van der Waals surface area contributed by atoms with Crippen LogP contribution in [-0.4, -0.2) is 21.9 Å². The summed E-state index contributed by atoms with van der Waals surface area (Å²) in [5, 5.41) is 18.7. The molecule has 0 aromatic carbocycles. The molecule has 2 atom stereocenters. The zero-order chi connectivity index (χ0) is 7.61. The largest absolute Gasteiger partial charge is 0.386 e.